The summed E-state index contributed by atoms with van der Waals surface area (Å²) < 4.78 is 11.0. The minimum Gasteiger partial charge on any atom is -0.431 e. The van der Waals surface area contributed by atoms with Gasteiger partial charge >= 0.3 is 6.16 Å². The smallest absolute Gasteiger partial charge is 0.431 e. The Morgan fingerprint density at radius 1 is 0.828 bits per heavy atom. The van der Waals surface area contributed by atoms with Gasteiger partial charge in [0.25, 0.3) is 0 Å². The van der Waals surface area contributed by atoms with Crippen molar-refractivity contribution in [2.75, 3.05) is 0 Å². The molecule has 162 valence electrons. The van der Waals surface area contributed by atoms with E-state index in [4.69, 9.17) is 9.47 Å². The van der Waals surface area contributed by atoms with Crippen molar-refractivity contribution in [2.45, 2.75) is 109 Å². The van der Waals surface area contributed by atoms with E-state index in [1.807, 2.05) is 12.1 Å². The lowest BCUT2D eigenvalue weighted by Crippen LogP contribution is -2.26. The highest BCUT2D eigenvalue weighted by Crippen LogP contribution is 2.38. The Morgan fingerprint density at radius 3 is 2.07 bits per heavy atom. The zero-order chi connectivity index (χ0) is 20.5. The molecule has 2 aliphatic rings. The highest BCUT2D eigenvalue weighted by molar-refractivity contribution is 5.64. The Kier molecular flexibility index (Phi) is 8.89. The maximum Gasteiger partial charge on any atom is 0.514 e. The van der Waals surface area contributed by atoms with Gasteiger partial charge in [-0.05, 0) is 86.8 Å². The molecule has 0 atom stereocenters. The molecule has 2 aliphatic carbocycles. The predicted octanol–water partition coefficient (Wildman–Crippen LogP) is 8.02. The van der Waals surface area contributed by atoms with Crippen LogP contribution in [0.2, 0.25) is 0 Å². The first-order valence-electron chi connectivity index (χ1n) is 12.2. The number of carbonyl (C=O) groups is 1. The van der Waals surface area contributed by atoms with Gasteiger partial charge in [0.15, 0.2) is 0 Å². The molecule has 3 rings (SSSR count). The second-order valence-corrected chi connectivity index (χ2v) is 9.33. The van der Waals surface area contributed by atoms with E-state index in [-0.39, 0.29) is 6.10 Å². The zero-order valence-electron chi connectivity index (χ0n) is 18.5. The Morgan fingerprint density at radius 2 is 1.45 bits per heavy atom. The highest BCUT2D eigenvalue weighted by atomic mass is 16.7. The van der Waals surface area contributed by atoms with Gasteiger partial charge in [0, 0.05) is 0 Å². The summed E-state index contributed by atoms with van der Waals surface area (Å²) >= 11 is 0. The lowest BCUT2D eigenvalue weighted by atomic mass is 9.77. The van der Waals surface area contributed by atoms with Gasteiger partial charge in [-0.3, -0.25) is 0 Å². The van der Waals surface area contributed by atoms with Crippen molar-refractivity contribution in [2.24, 2.45) is 11.8 Å². The number of unbranched alkanes of at least 4 members (excludes halogenated alkanes) is 1. The van der Waals surface area contributed by atoms with Crippen molar-refractivity contribution in [3.8, 4) is 5.75 Å². The summed E-state index contributed by atoms with van der Waals surface area (Å²) in [5.41, 5.74) is 1.38. The third-order valence-electron chi connectivity index (χ3n) is 7.12. The average Bonchev–Trinajstić information content (AvgIpc) is 2.75. The largest absolute Gasteiger partial charge is 0.514 e. The van der Waals surface area contributed by atoms with Gasteiger partial charge in [0.05, 0.1) is 0 Å². The molecule has 0 radical (unpaired) electrons. The maximum atomic E-state index is 12.2. The molecule has 1 aromatic carbocycles. The fourth-order valence-corrected chi connectivity index (χ4v) is 5.29. The van der Waals surface area contributed by atoms with Crippen LogP contribution in [0.4, 0.5) is 4.79 Å². The van der Waals surface area contributed by atoms with Gasteiger partial charge in [-0.2, -0.15) is 0 Å². The van der Waals surface area contributed by atoms with Crippen LogP contribution in [-0.4, -0.2) is 12.3 Å². The van der Waals surface area contributed by atoms with Crippen molar-refractivity contribution in [1.29, 1.82) is 0 Å². The molecule has 0 heterocycles. The molecule has 3 nitrogen and oxygen atoms in total. The van der Waals surface area contributed by atoms with E-state index in [1.54, 1.807) is 0 Å². The second-order valence-electron chi connectivity index (χ2n) is 9.33. The van der Waals surface area contributed by atoms with E-state index in [2.05, 4.69) is 26.0 Å². The van der Waals surface area contributed by atoms with E-state index >= 15 is 0 Å². The summed E-state index contributed by atoms with van der Waals surface area (Å²) in [5, 5.41) is 0. The molecule has 2 saturated carbocycles. The standard InChI is InChI=1S/C26H40O3/c1-3-5-7-21-10-16-24(17-11-21)28-26(27)29-25-18-14-23(15-19-25)22-12-8-20(6-4-2)9-13-22/h14-15,18-22,24H,3-13,16-17H2,1-2H3. The summed E-state index contributed by atoms with van der Waals surface area (Å²) in [5.74, 6) is 2.99. The Bertz CT molecular complexity index is 593. The monoisotopic (exact) mass is 400 g/mol. The fourth-order valence-electron chi connectivity index (χ4n) is 5.29. The minimum atomic E-state index is -0.546. The SMILES string of the molecule is CCCCC1CCC(OC(=O)Oc2ccc(C3CCC(CCC)CC3)cc2)CC1. The van der Waals surface area contributed by atoms with Crippen LogP contribution >= 0.6 is 0 Å². The van der Waals surface area contributed by atoms with E-state index in [1.165, 1.54) is 76.2 Å². The van der Waals surface area contributed by atoms with Crippen molar-refractivity contribution in [1.82, 2.24) is 0 Å². The fraction of sp³-hybridized carbons (Fsp3) is 0.731. The van der Waals surface area contributed by atoms with E-state index < -0.39 is 6.16 Å². The third-order valence-corrected chi connectivity index (χ3v) is 7.12. The third kappa shape index (κ3) is 7.04. The molecule has 0 aromatic heterocycles. The number of rotatable bonds is 8. The molecule has 0 unspecified atom stereocenters. The van der Waals surface area contributed by atoms with Crippen LogP contribution in [0, 0.1) is 11.8 Å². The van der Waals surface area contributed by atoms with Gasteiger partial charge in [0.1, 0.15) is 11.9 Å². The summed E-state index contributed by atoms with van der Waals surface area (Å²) in [6.45, 7) is 4.53. The Hall–Kier alpha value is -1.51. The van der Waals surface area contributed by atoms with Crippen LogP contribution < -0.4 is 4.74 Å². The van der Waals surface area contributed by atoms with Gasteiger partial charge in [-0.1, -0.05) is 58.1 Å². The van der Waals surface area contributed by atoms with E-state index in [9.17, 15) is 4.79 Å². The average molecular weight is 401 g/mol. The lowest BCUT2D eigenvalue weighted by Gasteiger charge is -2.28. The van der Waals surface area contributed by atoms with Crippen molar-refractivity contribution in [3.05, 3.63) is 29.8 Å². The molecule has 0 bridgehead atoms. The first kappa shape index (κ1) is 22.2. The molecule has 0 amide bonds. The first-order valence-corrected chi connectivity index (χ1v) is 12.2. The van der Waals surface area contributed by atoms with Crippen LogP contribution in [0.1, 0.15) is 109 Å². The molecule has 0 N–H and O–H groups in total. The van der Waals surface area contributed by atoms with Crippen LogP contribution in [0.5, 0.6) is 5.75 Å². The van der Waals surface area contributed by atoms with Crippen molar-refractivity contribution < 1.29 is 14.3 Å². The molecule has 29 heavy (non-hydrogen) atoms. The van der Waals surface area contributed by atoms with Crippen molar-refractivity contribution >= 4 is 6.16 Å². The van der Waals surface area contributed by atoms with Gasteiger partial charge in [0.2, 0.25) is 0 Å². The van der Waals surface area contributed by atoms with Crippen LogP contribution in [-0.2, 0) is 4.74 Å². The number of carbonyl (C=O) groups excluding carboxylic acids is 1. The van der Waals surface area contributed by atoms with E-state index in [0.717, 1.165) is 24.7 Å². The molecule has 1 aromatic rings. The van der Waals surface area contributed by atoms with Crippen LogP contribution in [0.15, 0.2) is 24.3 Å². The Labute approximate surface area is 177 Å². The molecular weight excluding hydrogens is 360 g/mol. The molecule has 0 aliphatic heterocycles. The summed E-state index contributed by atoms with van der Waals surface area (Å²) in [6, 6.07) is 8.12. The highest BCUT2D eigenvalue weighted by Gasteiger charge is 2.25. The lowest BCUT2D eigenvalue weighted by molar-refractivity contribution is 0.0329. The van der Waals surface area contributed by atoms with Crippen molar-refractivity contribution in [3.63, 3.8) is 0 Å². The van der Waals surface area contributed by atoms with Crippen LogP contribution in [0.25, 0.3) is 0 Å². The minimum absolute atomic E-state index is 0.0259. The summed E-state index contributed by atoms with van der Waals surface area (Å²) in [7, 11) is 0. The van der Waals surface area contributed by atoms with Crippen LogP contribution in [0.3, 0.4) is 0 Å². The Balaban J connectivity index is 1.39. The zero-order valence-corrected chi connectivity index (χ0v) is 18.5. The quantitative estimate of drug-likeness (QED) is 0.327. The number of hydrogen-bond acceptors (Lipinski definition) is 3. The molecule has 0 saturated heterocycles. The first-order chi connectivity index (χ1) is 14.2. The van der Waals surface area contributed by atoms with Gasteiger partial charge in [-0.15, -0.1) is 0 Å². The molecule has 3 heteroatoms. The van der Waals surface area contributed by atoms with Gasteiger partial charge in [-0.25, -0.2) is 4.79 Å². The van der Waals surface area contributed by atoms with Gasteiger partial charge < -0.3 is 9.47 Å². The topological polar surface area (TPSA) is 35.5 Å². The van der Waals surface area contributed by atoms with E-state index in [0.29, 0.717) is 11.7 Å². The summed E-state index contributed by atoms with van der Waals surface area (Å²) in [4.78, 5) is 12.2. The predicted molar refractivity (Wildman–Crippen MR) is 118 cm³/mol. The molecular formula is C26H40O3. The second kappa shape index (κ2) is 11.6. The molecule has 0 spiro atoms. The number of benzene rings is 1. The summed E-state index contributed by atoms with van der Waals surface area (Å²) in [6.07, 6.45) is 15.6. The maximum absolute atomic E-state index is 12.2. The molecule has 2 fully saturated rings. The normalized spacial score (nSPS) is 27.4. The number of ether oxygens (including phenoxy) is 2. The number of hydrogen-bond donors (Lipinski definition) is 0.